The molecule has 0 aliphatic carbocycles. The van der Waals surface area contributed by atoms with Crippen molar-refractivity contribution in [3.8, 4) is 0 Å². The number of nitrogens with zero attached hydrogens (tertiary/aromatic N) is 1. The van der Waals surface area contributed by atoms with E-state index in [1.165, 1.54) is 0 Å². The van der Waals surface area contributed by atoms with Crippen molar-refractivity contribution in [1.82, 2.24) is 10.2 Å². The number of carbonyl (C=O) groups is 1. The molecule has 0 unspecified atom stereocenters. The van der Waals surface area contributed by atoms with E-state index in [4.69, 9.17) is 14.2 Å². The standard InChI is InChI=1S/C30H58N2O6/c1-12-23-30(10,35)26(33)22(5)32(11)18-19(2)17-29(9)25(28(6,7)8)20(3)24(21(4)27(34)38-23)36-15-13-31-14-16-37-29/h19-26,31,33,35H,12-18H2,1-11H3/t19-,20+,21-,22-,23-,24+,25+,26-,29+,30-/m1/s1. The number of aliphatic hydroxyl groups is 2. The lowest BCUT2D eigenvalue weighted by Crippen LogP contribution is -2.59. The lowest BCUT2D eigenvalue weighted by molar-refractivity contribution is -0.195. The van der Waals surface area contributed by atoms with Gasteiger partial charge in [0.1, 0.15) is 17.8 Å². The summed E-state index contributed by atoms with van der Waals surface area (Å²) in [6.07, 6.45) is -1.16. The molecular formula is C30H58N2O6. The molecule has 0 aromatic rings. The van der Waals surface area contributed by atoms with E-state index in [2.05, 4.69) is 51.8 Å². The van der Waals surface area contributed by atoms with E-state index in [0.29, 0.717) is 26.2 Å². The molecule has 2 heterocycles. The quantitative estimate of drug-likeness (QED) is 0.433. The number of aliphatic hydroxyl groups excluding tert-OH is 1. The Bertz CT molecular complexity index is 756. The van der Waals surface area contributed by atoms with E-state index >= 15 is 0 Å². The van der Waals surface area contributed by atoms with Crippen LogP contribution in [-0.2, 0) is 19.0 Å². The van der Waals surface area contributed by atoms with E-state index in [1.54, 1.807) is 6.92 Å². The van der Waals surface area contributed by atoms with Crippen molar-refractivity contribution >= 4 is 5.97 Å². The molecular weight excluding hydrogens is 484 g/mol. The summed E-state index contributed by atoms with van der Waals surface area (Å²) in [5.74, 6) is -0.658. The summed E-state index contributed by atoms with van der Waals surface area (Å²) in [6.45, 7) is 23.8. The van der Waals surface area contributed by atoms with E-state index in [9.17, 15) is 15.0 Å². The number of carbonyl (C=O) groups excluding carboxylic acids is 1. The van der Waals surface area contributed by atoms with Gasteiger partial charge in [0, 0.05) is 25.7 Å². The van der Waals surface area contributed by atoms with Crippen LogP contribution in [0.5, 0.6) is 0 Å². The Morgan fingerprint density at radius 1 is 1.11 bits per heavy atom. The van der Waals surface area contributed by atoms with Crippen LogP contribution in [0.15, 0.2) is 0 Å². The van der Waals surface area contributed by atoms with Crippen LogP contribution < -0.4 is 5.32 Å². The van der Waals surface area contributed by atoms with Crippen molar-refractivity contribution < 1.29 is 29.2 Å². The first-order valence-electron chi connectivity index (χ1n) is 14.7. The Morgan fingerprint density at radius 3 is 2.29 bits per heavy atom. The molecule has 0 aromatic heterocycles. The highest BCUT2D eigenvalue weighted by Crippen LogP contribution is 2.48. The highest BCUT2D eigenvalue weighted by atomic mass is 16.6. The van der Waals surface area contributed by atoms with Crippen molar-refractivity contribution in [3.05, 3.63) is 0 Å². The number of ether oxygens (including phenoxy) is 3. The third-order valence-corrected chi connectivity index (χ3v) is 9.18. The van der Waals surface area contributed by atoms with Crippen LogP contribution in [0.1, 0.15) is 82.1 Å². The molecule has 0 amide bonds. The predicted molar refractivity (Wildman–Crippen MR) is 151 cm³/mol. The van der Waals surface area contributed by atoms with Gasteiger partial charge < -0.3 is 34.6 Å². The van der Waals surface area contributed by atoms with Crippen molar-refractivity contribution in [3.63, 3.8) is 0 Å². The van der Waals surface area contributed by atoms with Gasteiger partial charge in [-0.05, 0) is 70.8 Å². The zero-order valence-electron chi connectivity index (χ0n) is 26.0. The Morgan fingerprint density at radius 2 is 1.71 bits per heavy atom. The smallest absolute Gasteiger partial charge is 0.311 e. The highest BCUT2D eigenvalue weighted by Gasteiger charge is 2.51. The second-order valence-corrected chi connectivity index (χ2v) is 13.7. The summed E-state index contributed by atoms with van der Waals surface area (Å²) in [4.78, 5) is 15.7. The molecule has 3 N–H and O–H groups in total. The van der Waals surface area contributed by atoms with Crippen LogP contribution in [0, 0.1) is 29.1 Å². The summed E-state index contributed by atoms with van der Waals surface area (Å²) >= 11 is 0. The normalized spacial score (nSPS) is 44.0. The van der Waals surface area contributed by atoms with Gasteiger partial charge in [0.2, 0.25) is 0 Å². The number of likely N-dealkylation sites (N-methyl/N-ethyl adjacent to an activating group) is 1. The van der Waals surface area contributed by atoms with Gasteiger partial charge in [-0.3, -0.25) is 4.79 Å². The summed E-state index contributed by atoms with van der Waals surface area (Å²) in [6, 6.07) is -0.349. The lowest BCUT2D eigenvalue weighted by atomic mass is 9.61. The fourth-order valence-corrected chi connectivity index (χ4v) is 7.56. The Kier molecular flexibility index (Phi) is 11.7. The molecule has 0 spiro atoms. The Labute approximate surface area is 232 Å². The van der Waals surface area contributed by atoms with Gasteiger partial charge in [-0.2, -0.15) is 0 Å². The third-order valence-electron chi connectivity index (χ3n) is 9.18. The molecule has 0 radical (unpaired) electrons. The number of esters is 1. The Hall–Kier alpha value is -0.770. The molecule has 10 atom stereocenters. The first-order chi connectivity index (χ1) is 17.5. The van der Waals surface area contributed by atoms with Crippen LogP contribution in [0.3, 0.4) is 0 Å². The molecule has 2 rings (SSSR count). The number of cyclic esters (lactones) is 1. The molecule has 0 aromatic carbocycles. The van der Waals surface area contributed by atoms with Crippen LogP contribution in [0.2, 0.25) is 0 Å². The highest BCUT2D eigenvalue weighted by molar-refractivity contribution is 5.73. The molecule has 0 saturated carbocycles. The number of hydrogen-bond acceptors (Lipinski definition) is 8. The lowest BCUT2D eigenvalue weighted by Gasteiger charge is -2.51. The van der Waals surface area contributed by atoms with Crippen molar-refractivity contribution in [2.75, 3.05) is 39.9 Å². The minimum atomic E-state index is -1.61. The minimum absolute atomic E-state index is 0.0131. The van der Waals surface area contributed by atoms with Gasteiger partial charge in [0.15, 0.2) is 0 Å². The SMILES string of the molecule is CC[C@H]1OC(=O)[C@H](C)[C@H]2OCCNCCO[C@@](C)(C[C@@H](C)CN(C)[C@H](C)[C@@H](O)[C@]1(C)O)[C@H](C(C)(C)C)[C@H]2C. The molecule has 2 fully saturated rings. The number of hydrogen-bond donors (Lipinski definition) is 3. The second-order valence-electron chi connectivity index (χ2n) is 13.7. The topological polar surface area (TPSA) is 100 Å². The fraction of sp³-hybridized carbons (Fsp3) is 0.967. The summed E-state index contributed by atoms with van der Waals surface area (Å²) < 4.78 is 19.2. The van der Waals surface area contributed by atoms with Crippen molar-refractivity contribution in [2.24, 2.45) is 29.1 Å². The maximum absolute atomic E-state index is 13.6. The summed E-state index contributed by atoms with van der Waals surface area (Å²) in [5.41, 5.74) is -2.21. The molecule has 8 heteroatoms. The van der Waals surface area contributed by atoms with Gasteiger partial charge in [-0.25, -0.2) is 0 Å². The average Bonchev–Trinajstić information content (AvgIpc) is 2.82. The van der Waals surface area contributed by atoms with E-state index in [0.717, 1.165) is 19.5 Å². The molecule has 2 aliphatic heterocycles. The Balaban J connectivity index is 2.68. The molecule has 224 valence electrons. The second kappa shape index (κ2) is 13.3. The van der Waals surface area contributed by atoms with Crippen molar-refractivity contribution in [2.45, 2.75) is 118 Å². The van der Waals surface area contributed by atoms with E-state index < -0.39 is 41.4 Å². The van der Waals surface area contributed by atoms with Crippen LogP contribution in [0.4, 0.5) is 0 Å². The average molecular weight is 543 g/mol. The predicted octanol–water partition coefficient (Wildman–Crippen LogP) is 3.48. The summed E-state index contributed by atoms with van der Waals surface area (Å²) in [5, 5.41) is 26.2. The van der Waals surface area contributed by atoms with Crippen molar-refractivity contribution in [1.29, 1.82) is 0 Å². The number of nitrogens with one attached hydrogen (secondary N) is 1. The van der Waals surface area contributed by atoms with Crippen LogP contribution >= 0.6 is 0 Å². The monoisotopic (exact) mass is 542 g/mol. The molecule has 38 heavy (non-hydrogen) atoms. The third kappa shape index (κ3) is 7.70. The van der Waals surface area contributed by atoms with Gasteiger partial charge >= 0.3 is 5.97 Å². The maximum atomic E-state index is 13.6. The van der Waals surface area contributed by atoms with Gasteiger partial charge in [-0.15, -0.1) is 0 Å². The molecule has 8 nitrogen and oxygen atoms in total. The maximum Gasteiger partial charge on any atom is 0.311 e. The van der Waals surface area contributed by atoms with Crippen LogP contribution in [0.25, 0.3) is 0 Å². The number of fused-ring (bicyclic) bond motifs is 3. The van der Waals surface area contributed by atoms with Gasteiger partial charge in [0.05, 0.1) is 30.8 Å². The van der Waals surface area contributed by atoms with Gasteiger partial charge in [-0.1, -0.05) is 41.5 Å². The molecule has 2 bridgehead atoms. The van der Waals surface area contributed by atoms with Crippen LogP contribution in [-0.4, -0.2) is 96.5 Å². The largest absolute Gasteiger partial charge is 0.459 e. The molecule has 2 saturated heterocycles. The van der Waals surface area contributed by atoms with E-state index in [-0.39, 0.29) is 29.2 Å². The van der Waals surface area contributed by atoms with E-state index in [1.807, 2.05) is 27.8 Å². The first kappa shape index (κ1) is 33.4. The number of rotatable bonds is 1. The minimum Gasteiger partial charge on any atom is -0.459 e. The summed E-state index contributed by atoms with van der Waals surface area (Å²) in [7, 11) is 1.98. The first-order valence-corrected chi connectivity index (χ1v) is 14.7. The fourth-order valence-electron chi connectivity index (χ4n) is 7.56. The van der Waals surface area contributed by atoms with Gasteiger partial charge in [0.25, 0.3) is 0 Å². The molecule has 2 aliphatic rings. The zero-order chi connectivity index (χ0) is 29.1. The zero-order valence-corrected chi connectivity index (χ0v) is 26.0.